The quantitative estimate of drug-likeness (QED) is 0.0277. The lowest BCUT2D eigenvalue weighted by Gasteiger charge is -2.34. The number of ether oxygens (including phenoxy) is 3. The van der Waals surface area contributed by atoms with E-state index in [2.05, 4.69) is 38.2 Å². The fourth-order valence-electron chi connectivity index (χ4n) is 5.83. The van der Waals surface area contributed by atoms with Crippen LogP contribution in [0.3, 0.4) is 0 Å². The number of likely N-dealkylation sites (N-methyl/N-ethyl adjacent to an activating group) is 1. The number of quaternary nitrogens is 1. The van der Waals surface area contributed by atoms with E-state index in [1.165, 1.54) is 103 Å². The normalized spacial score (nSPS) is 13.2. The van der Waals surface area contributed by atoms with E-state index < -0.39 is 18.1 Å². The summed E-state index contributed by atoms with van der Waals surface area (Å²) in [6, 6.07) is -0.726. The van der Waals surface area contributed by atoms with Gasteiger partial charge < -0.3 is 28.6 Å². The van der Waals surface area contributed by atoms with Crippen molar-refractivity contribution in [2.45, 2.75) is 187 Å². The molecule has 0 aliphatic rings. The molecule has 0 rings (SSSR count). The van der Waals surface area contributed by atoms with Crippen LogP contribution in [-0.4, -0.2) is 75.5 Å². The smallest absolute Gasteiger partial charge is 0.306 e. The van der Waals surface area contributed by atoms with Gasteiger partial charge in [0.15, 0.2) is 6.10 Å². The molecule has 0 aromatic carbocycles. The van der Waals surface area contributed by atoms with Crippen molar-refractivity contribution >= 4 is 17.9 Å². The van der Waals surface area contributed by atoms with Crippen LogP contribution in [0.1, 0.15) is 174 Å². The first-order valence-electron chi connectivity index (χ1n) is 20.4. The number of carbonyl (C=O) groups excluding carboxylic acids is 3. The molecule has 0 radical (unpaired) electrons. The molecule has 0 bridgehead atoms. The molecular weight excluding hydrogens is 630 g/mol. The summed E-state index contributed by atoms with van der Waals surface area (Å²) in [5, 5.41) is 11.6. The van der Waals surface area contributed by atoms with Gasteiger partial charge in [-0.05, 0) is 57.8 Å². The van der Waals surface area contributed by atoms with Gasteiger partial charge in [-0.25, -0.2) is 0 Å². The molecule has 50 heavy (non-hydrogen) atoms. The van der Waals surface area contributed by atoms with E-state index in [0.717, 1.165) is 32.1 Å². The number of rotatable bonds is 36. The maximum Gasteiger partial charge on any atom is 0.306 e. The molecular formula is C42H77NO7. The highest BCUT2D eigenvalue weighted by Crippen LogP contribution is 2.13. The largest absolute Gasteiger partial charge is 0.544 e. The summed E-state index contributed by atoms with van der Waals surface area (Å²) >= 11 is 0. The Kier molecular flexibility index (Phi) is 32.4. The number of carboxylic acids is 1. The number of aliphatic carboxylic acids is 1. The van der Waals surface area contributed by atoms with E-state index in [1.54, 1.807) is 21.1 Å². The van der Waals surface area contributed by atoms with E-state index in [1.807, 2.05) is 0 Å². The third-order valence-electron chi connectivity index (χ3n) is 9.06. The van der Waals surface area contributed by atoms with Gasteiger partial charge in [-0.3, -0.25) is 9.59 Å². The maximum absolute atomic E-state index is 12.7. The Morgan fingerprint density at radius 2 is 1.02 bits per heavy atom. The van der Waals surface area contributed by atoms with E-state index in [-0.39, 0.29) is 42.7 Å². The summed E-state index contributed by atoms with van der Waals surface area (Å²) < 4.78 is 17.0. The van der Waals surface area contributed by atoms with E-state index in [4.69, 9.17) is 14.2 Å². The molecule has 0 N–H and O–H groups in total. The fourth-order valence-corrected chi connectivity index (χ4v) is 5.83. The highest BCUT2D eigenvalue weighted by atomic mass is 16.6. The third-order valence-corrected chi connectivity index (χ3v) is 9.06. The minimum atomic E-state index is -1.13. The molecule has 292 valence electrons. The predicted molar refractivity (Wildman–Crippen MR) is 204 cm³/mol. The molecule has 0 heterocycles. The van der Waals surface area contributed by atoms with Crippen LogP contribution in [0.25, 0.3) is 0 Å². The van der Waals surface area contributed by atoms with Gasteiger partial charge in [0.05, 0.1) is 40.3 Å². The van der Waals surface area contributed by atoms with Crippen molar-refractivity contribution in [1.82, 2.24) is 0 Å². The third kappa shape index (κ3) is 31.8. The molecule has 0 aliphatic carbocycles. The highest BCUT2D eigenvalue weighted by molar-refractivity contribution is 5.70. The zero-order chi connectivity index (χ0) is 37.1. The second-order valence-corrected chi connectivity index (χ2v) is 14.9. The molecule has 8 nitrogen and oxygen atoms in total. The average Bonchev–Trinajstić information content (AvgIpc) is 3.06. The summed E-state index contributed by atoms with van der Waals surface area (Å²) in [6.07, 6.45) is 35.0. The van der Waals surface area contributed by atoms with E-state index in [9.17, 15) is 19.5 Å². The summed E-state index contributed by atoms with van der Waals surface area (Å²) in [4.78, 5) is 36.6. The molecule has 2 atom stereocenters. The van der Waals surface area contributed by atoms with Crippen molar-refractivity contribution in [2.24, 2.45) is 0 Å². The predicted octanol–water partition coefficient (Wildman–Crippen LogP) is 9.19. The molecule has 0 saturated carbocycles. The van der Waals surface area contributed by atoms with Crippen molar-refractivity contribution in [2.75, 3.05) is 41.0 Å². The van der Waals surface area contributed by atoms with Gasteiger partial charge in [-0.1, -0.05) is 122 Å². The van der Waals surface area contributed by atoms with Crippen LogP contribution >= 0.6 is 0 Å². The van der Waals surface area contributed by atoms with Gasteiger partial charge in [-0.2, -0.15) is 0 Å². The second kappa shape index (κ2) is 33.9. The molecule has 0 amide bonds. The van der Waals surface area contributed by atoms with Crippen LogP contribution in [0.15, 0.2) is 24.3 Å². The van der Waals surface area contributed by atoms with Crippen LogP contribution in [0.4, 0.5) is 0 Å². The minimum absolute atomic E-state index is 0.0327. The highest BCUT2D eigenvalue weighted by Gasteiger charge is 2.25. The zero-order valence-corrected chi connectivity index (χ0v) is 33.1. The topological polar surface area (TPSA) is 102 Å². The van der Waals surface area contributed by atoms with Gasteiger partial charge in [0.25, 0.3) is 0 Å². The van der Waals surface area contributed by atoms with Crippen LogP contribution in [0, 0.1) is 0 Å². The molecule has 0 saturated heterocycles. The number of unbranched alkanes of at least 4 members (excludes halogenated alkanes) is 18. The molecule has 0 aliphatic heterocycles. The van der Waals surface area contributed by atoms with Gasteiger partial charge >= 0.3 is 11.9 Å². The summed E-state index contributed by atoms with van der Waals surface area (Å²) in [6.45, 7) is 4.58. The Bertz CT molecular complexity index is 880. The van der Waals surface area contributed by atoms with Gasteiger partial charge in [-0.15, -0.1) is 0 Å². The number of esters is 2. The second-order valence-electron chi connectivity index (χ2n) is 14.9. The van der Waals surface area contributed by atoms with Crippen LogP contribution < -0.4 is 5.11 Å². The Labute approximate surface area is 307 Å². The minimum Gasteiger partial charge on any atom is -0.544 e. The SMILES string of the molecule is CCCCCC/C=C/CCCC(=O)OCC(COCCC(C(=O)[O-])[N+](C)(C)C)OC(=O)CCCCCCCCC/C=C/CCCCCCCC. The van der Waals surface area contributed by atoms with Crippen molar-refractivity contribution in [3.8, 4) is 0 Å². The number of allylic oxidation sites excluding steroid dienone is 4. The number of hydrogen-bond acceptors (Lipinski definition) is 7. The molecule has 8 heteroatoms. The Morgan fingerprint density at radius 3 is 1.52 bits per heavy atom. The van der Waals surface area contributed by atoms with E-state index >= 15 is 0 Å². The monoisotopic (exact) mass is 708 g/mol. The number of carbonyl (C=O) groups is 3. The number of hydrogen-bond donors (Lipinski definition) is 0. The van der Waals surface area contributed by atoms with Gasteiger partial charge in [0.1, 0.15) is 12.6 Å². The fraction of sp³-hybridized carbons (Fsp3) is 0.833. The molecule has 0 fully saturated rings. The van der Waals surface area contributed by atoms with Crippen molar-refractivity contribution in [3.05, 3.63) is 24.3 Å². The van der Waals surface area contributed by atoms with Crippen molar-refractivity contribution < 1.29 is 38.2 Å². The summed E-state index contributed by atoms with van der Waals surface area (Å²) in [5.74, 6) is -1.78. The first-order valence-corrected chi connectivity index (χ1v) is 20.4. The Hall–Kier alpha value is -2.19. The molecule has 0 spiro atoms. The standard InChI is InChI=1S/C42H77NO7/c1-6-8-10-12-14-16-17-18-19-20-21-22-23-25-27-29-31-33-41(45)50-38(36-48-35-34-39(42(46)47)43(3,4)5)37-49-40(44)32-30-28-26-24-15-13-11-9-7-2/h18-19,24,26,38-39H,6-17,20-23,25,27-37H2,1-5H3/b19-18+,26-24+. The van der Waals surface area contributed by atoms with Crippen molar-refractivity contribution in [3.63, 3.8) is 0 Å². The van der Waals surface area contributed by atoms with Crippen molar-refractivity contribution in [1.29, 1.82) is 0 Å². The number of nitrogens with zero attached hydrogens (tertiary/aromatic N) is 1. The molecule has 0 aromatic heterocycles. The van der Waals surface area contributed by atoms with Gasteiger partial charge in [0.2, 0.25) is 0 Å². The summed E-state index contributed by atoms with van der Waals surface area (Å²) in [5.41, 5.74) is 0. The van der Waals surface area contributed by atoms with Crippen LogP contribution in [0.2, 0.25) is 0 Å². The maximum atomic E-state index is 12.7. The first-order chi connectivity index (χ1) is 24.1. The zero-order valence-electron chi connectivity index (χ0n) is 33.1. The van der Waals surface area contributed by atoms with Crippen LogP contribution in [-0.2, 0) is 28.6 Å². The Morgan fingerprint density at radius 1 is 0.580 bits per heavy atom. The Balaban J connectivity index is 4.36. The number of carboxylic acid groups (broad SMARTS) is 1. The summed E-state index contributed by atoms with van der Waals surface area (Å²) in [7, 11) is 5.39. The molecule has 2 unspecified atom stereocenters. The van der Waals surface area contributed by atoms with Crippen LogP contribution in [0.5, 0.6) is 0 Å². The molecule has 0 aromatic rings. The van der Waals surface area contributed by atoms with Gasteiger partial charge in [0, 0.05) is 19.3 Å². The van der Waals surface area contributed by atoms with E-state index in [0.29, 0.717) is 19.3 Å². The first kappa shape index (κ1) is 47.8. The average molecular weight is 708 g/mol. The lowest BCUT2D eigenvalue weighted by atomic mass is 10.1. The lowest BCUT2D eigenvalue weighted by molar-refractivity contribution is -0.889. The lowest BCUT2D eigenvalue weighted by Crippen LogP contribution is -2.55.